The normalized spacial score (nSPS) is 47.2. The molecule has 0 spiro atoms. The Balaban J connectivity index is 1.50. The van der Waals surface area contributed by atoms with Gasteiger partial charge in [0.05, 0.1) is 11.8 Å². The zero-order chi connectivity index (χ0) is 31.0. The average Bonchev–Trinajstić information content (AvgIpc) is 3.29. The molecule has 0 radical (unpaired) electrons. The van der Waals surface area contributed by atoms with E-state index >= 15 is 0 Å². The number of carboxylic acids is 2. The van der Waals surface area contributed by atoms with Crippen LogP contribution >= 0.6 is 23.2 Å². The van der Waals surface area contributed by atoms with Crippen LogP contribution in [0.5, 0.6) is 0 Å². The fraction of sp³-hybridized carbons (Fsp3) is 0.889. The molecule has 0 saturated heterocycles. The lowest BCUT2D eigenvalue weighted by molar-refractivity contribution is -0.246. The van der Waals surface area contributed by atoms with Crippen molar-refractivity contribution in [1.82, 2.24) is 0 Å². The highest BCUT2D eigenvalue weighted by molar-refractivity contribution is 6.19. The maximum absolute atomic E-state index is 12.2. The molecule has 5 aliphatic rings. The molecule has 0 amide bonds. The molecule has 0 aromatic rings. The van der Waals surface area contributed by atoms with E-state index in [1.807, 2.05) is 0 Å². The quantitative estimate of drug-likeness (QED) is 0.209. The van der Waals surface area contributed by atoms with E-state index in [9.17, 15) is 19.8 Å². The monoisotopic (exact) mass is 622 g/mol. The third-order valence-electron chi connectivity index (χ3n) is 15.5. The van der Waals surface area contributed by atoms with Crippen molar-refractivity contribution >= 4 is 35.1 Å². The van der Waals surface area contributed by atoms with Gasteiger partial charge in [-0.25, -0.2) is 0 Å². The number of alkyl halides is 2. The Labute approximate surface area is 264 Å². The molecule has 5 aliphatic carbocycles. The Hall–Kier alpha value is -0.740. The van der Waals surface area contributed by atoms with E-state index in [0.29, 0.717) is 36.0 Å². The summed E-state index contributed by atoms with van der Waals surface area (Å²) in [5.41, 5.74) is 1.83. The van der Waals surface area contributed by atoms with Gasteiger partial charge in [-0.2, -0.15) is 0 Å². The van der Waals surface area contributed by atoms with Crippen molar-refractivity contribution < 1.29 is 19.8 Å². The Kier molecular flexibility index (Phi) is 8.52. The Morgan fingerprint density at radius 2 is 1.50 bits per heavy atom. The predicted molar refractivity (Wildman–Crippen MR) is 171 cm³/mol. The minimum absolute atomic E-state index is 0.0451. The smallest absolute Gasteiger partial charge is 0.308 e. The molecule has 5 rings (SSSR count). The second kappa shape index (κ2) is 11.0. The van der Waals surface area contributed by atoms with Crippen LogP contribution in [0, 0.1) is 74.4 Å². The van der Waals surface area contributed by atoms with Crippen molar-refractivity contribution in [1.29, 1.82) is 0 Å². The first-order valence-electron chi connectivity index (χ1n) is 16.8. The molecule has 12 atom stereocenters. The Morgan fingerprint density at radius 3 is 2.07 bits per heavy atom. The molecule has 2 N–H and O–H groups in total. The first-order chi connectivity index (χ1) is 19.5. The van der Waals surface area contributed by atoms with Gasteiger partial charge >= 0.3 is 11.9 Å². The molecule has 0 bridgehead atoms. The predicted octanol–water partition coefficient (Wildman–Crippen LogP) is 9.53. The van der Waals surface area contributed by atoms with Gasteiger partial charge in [-0.3, -0.25) is 9.59 Å². The minimum atomic E-state index is -0.746. The van der Waals surface area contributed by atoms with E-state index in [-0.39, 0.29) is 44.8 Å². The zero-order valence-electron chi connectivity index (χ0n) is 27.0. The third kappa shape index (κ3) is 4.48. The maximum Gasteiger partial charge on any atom is 0.308 e. The molecule has 4 nitrogen and oxygen atoms in total. The van der Waals surface area contributed by atoms with Gasteiger partial charge in [-0.15, -0.1) is 23.2 Å². The van der Waals surface area contributed by atoms with E-state index in [2.05, 4.69) is 48.1 Å². The molecular weight excluding hydrogens is 567 g/mol. The van der Waals surface area contributed by atoms with Crippen molar-refractivity contribution in [2.45, 2.75) is 112 Å². The van der Waals surface area contributed by atoms with E-state index < -0.39 is 23.8 Å². The van der Waals surface area contributed by atoms with E-state index in [1.165, 1.54) is 31.3 Å². The molecule has 0 heterocycles. The lowest BCUT2D eigenvalue weighted by Gasteiger charge is -2.73. The van der Waals surface area contributed by atoms with Crippen LogP contribution in [0.1, 0.15) is 112 Å². The highest BCUT2D eigenvalue weighted by atomic mass is 35.5. The van der Waals surface area contributed by atoms with Crippen LogP contribution in [0.25, 0.3) is 0 Å². The number of hydrogen-bond donors (Lipinski definition) is 2. The number of allylic oxidation sites excluding steroid dienone is 1. The second-order valence-corrected chi connectivity index (χ2v) is 17.6. The Bertz CT molecular complexity index is 1100. The Morgan fingerprint density at radius 1 is 0.810 bits per heavy atom. The average molecular weight is 624 g/mol. The van der Waals surface area contributed by atoms with Crippen LogP contribution < -0.4 is 0 Å². The standard InChI is InChI=1S/C36H56Cl2O4/c1-21(2)23-10-15-36(18-22(19-37)30(39)40)17-16-34(6)26(29(23)36)8-9-28-33(5)13-11-25(24(20-38)31(41)42)32(3,4)27(33)12-14-35(28,34)7/h22-29H,1,8-20H2,2-7H3,(H,39,40)(H,41,42)/t22?,23-,24?,25?,26+,27-,28+,29+,33-,34+,35+,36+/m0/s1. The number of carbonyl (C=O) groups is 2. The summed E-state index contributed by atoms with van der Waals surface area (Å²) in [4.78, 5) is 24.4. The number of halogens is 2. The number of rotatable bonds is 8. The molecule has 3 unspecified atom stereocenters. The van der Waals surface area contributed by atoms with Crippen LogP contribution in [-0.4, -0.2) is 33.9 Å². The fourth-order valence-corrected chi connectivity index (χ4v) is 14.0. The van der Waals surface area contributed by atoms with Gasteiger partial charge in [0.25, 0.3) is 0 Å². The summed E-state index contributed by atoms with van der Waals surface area (Å²) >= 11 is 12.5. The SMILES string of the molecule is C=C(C)[C@@H]1CC[C@]2(CC(CCl)C(=O)O)CC[C@]3(C)[C@H](CC[C@@H]4[C@@]5(C)CCC(C(CCl)C(=O)O)C(C)(C)[C@@H]5CC[C@]43C)[C@@H]12. The van der Waals surface area contributed by atoms with E-state index in [4.69, 9.17) is 23.2 Å². The molecular formula is C36H56Cl2O4. The molecule has 5 fully saturated rings. The summed E-state index contributed by atoms with van der Waals surface area (Å²) in [6.07, 6.45) is 12.0. The third-order valence-corrected chi connectivity index (χ3v) is 16.2. The summed E-state index contributed by atoms with van der Waals surface area (Å²) < 4.78 is 0. The van der Waals surface area contributed by atoms with Gasteiger partial charge in [0.15, 0.2) is 0 Å². The van der Waals surface area contributed by atoms with Gasteiger partial charge in [-0.1, -0.05) is 46.8 Å². The fourth-order valence-electron chi connectivity index (χ4n) is 13.4. The van der Waals surface area contributed by atoms with Gasteiger partial charge in [0.1, 0.15) is 0 Å². The first-order valence-corrected chi connectivity index (χ1v) is 17.8. The zero-order valence-corrected chi connectivity index (χ0v) is 28.5. The van der Waals surface area contributed by atoms with Crippen molar-refractivity contribution in [3.8, 4) is 0 Å². The van der Waals surface area contributed by atoms with Crippen LogP contribution in [0.15, 0.2) is 12.2 Å². The summed E-state index contributed by atoms with van der Waals surface area (Å²) in [6, 6.07) is 0. The summed E-state index contributed by atoms with van der Waals surface area (Å²) in [5.74, 6) is 0.638. The van der Waals surface area contributed by atoms with Crippen LogP contribution in [0.3, 0.4) is 0 Å². The van der Waals surface area contributed by atoms with Crippen molar-refractivity contribution in [3.05, 3.63) is 12.2 Å². The number of hydrogen-bond acceptors (Lipinski definition) is 2. The number of fused-ring (bicyclic) bond motifs is 7. The molecule has 0 aromatic heterocycles. The summed E-state index contributed by atoms with van der Waals surface area (Å²) in [7, 11) is 0. The summed E-state index contributed by atoms with van der Waals surface area (Å²) in [5, 5.41) is 20.0. The number of aliphatic carboxylic acids is 2. The molecule has 5 saturated carbocycles. The van der Waals surface area contributed by atoms with Crippen molar-refractivity contribution in [2.75, 3.05) is 11.8 Å². The molecule has 0 aromatic carbocycles. The van der Waals surface area contributed by atoms with Crippen molar-refractivity contribution in [2.24, 2.45) is 74.4 Å². The lowest BCUT2D eigenvalue weighted by atomic mass is 9.31. The first kappa shape index (κ1) is 32.6. The van der Waals surface area contributed by atoms with Crippen LogP contribution in [0.4, 0.5) is 0 Å². The largest absolute Gasteiger partial charge is 0.481 e. The summed E-state index contributed by atoms with van der Waals surface area (Å²) in [6.45, 7) is 19.2. The maximum atomic E-state index is 12.2. The number of carboxylic acid groups (broad SMARTS) is 2. The molecule has 42 heavy (non-hydrogen) atoms. The molecule has 0 aliphatic heterocycles. The molecule has 238 valence electrons. The topological polar surface area (TPSA) is 74.6 Å². The van der Waals surface area contributed by atoms with Gasteiger partial charge in [-0.05, 0) is 140 Å². The van der Waals surface area contributed by atoms with Crippen molar-refractivity contribution in [3.63, 3.8) is 0 Å². The van der Waals surface area contributed by atoms with E-state index in [0.717, 1.165) is 38.5 Å². The lowest BCUT2D eigenvalue weighted by Crippen LogP contribution is -2.66. The minimum Gasteiger partial charge on any atom is -0.481 e. The highest BCUT2D eigenvalue weighted by Gasteiger charge is 2.71. The highest BCUT2D eigenvalue weighted by Crippen LogP contribution is 2.78. The second-order valence-electron chi connectivity index (χ2n) is 17.0. The van der Waals surface area contributed by atoms with Crippen LogP contribution in [-0.2, 0) is 9.59 Å². The van der Waals surface area contributed by atoms with Gasteiger partial charge < -0.3 is 10.2 Å². The van der Waals surface area contributed by atoms with Gasteiger partial charge in [0.2, 0.25) is 0 Å². The van der Waals surface area contributed by atoms with Crippen LogP contribution in [0.2, 0.25) is 0 Å². The molecule has 6 heteroatoms. The van der Waals surface area contributed by atoms with E-state index in [1.54, 1.807) is 0 Å². The van der Waals surface area contributed by atoms with Gasteiger partial charge in [0, 0.05) is 11.8 Å².